The van der Waals surface area contributed by atoms with E-state index in [2.05, 4.69) is 35.5 Å². The van der Waals surface area contributed by atoms with Crippen molar-refractivity contribution in [3.63, 3.8) is 0 Å². The molecule has 2 nitrogen and oxygen atoms in total. The molecule has 2 heterocycles. The molecule has 0 aromatic heterocycles. The van der Waals surface area contributed by atoms with Gasteiger partial charge in [0.2, 0.25) is 0 Å². The Morgan fingerprint density at radius 1 is 1.40 bits per heavy atom. The van der Waals surface area contributed by atoms with Crippen LogP contribution in [0.1, 0.15) is 30.0 Å². The predicted molar refractivity (Wildman–Crippen MR) is 63.4 cm³/mol. The molecule has 0 bridgehead atoms. The maximum atomic E-state index is 3.56. The highest BCUT2D eigenvalue weighted by Crippen LogP contribution is 2.31. The fraction of sp³-hybridized carbons (Fsp3) is 0.538. The minimum absolute atomic E-state index is 0.612. The molecule has 1 fully saturated rings. The Balaban J connectivity index is 1.92. The molecule has 1 aromatic carbocycles. The molecule has 3 rings (SSSR count). The quantitative estimate of drug-likeness (QED) is 0.750. The van der Waals surface area contributed by atoms with E-state index in [1.165, 1.54) is 49.2 Å². The van der Waals surface area contributed by atoms with Crippen molar-refractivity contribution >= 4 is 5.69 Å². The van der Waals surface area contributed by atoms with Crippen LogP contribution in [0.3, 0.4) is 0 Å². The highest BCUT2D eigenvalue weighted by Gasteiger charge is 2.20. The van der Waals surface area contributed by atoms with E-state index in [-0.39, 0.29) is 0 Å². The topological polar surface area (TPSA) is 15.3 Å². The van der Waals surface area contributed by atoms with Gasteiger partial charge in [0.05, 0.1) is 0 Å². The predicted octanol–water partition coefficient (Wildman–Crippen LogP) is 2.10. The molecule has 1 unspecified atom stereocenters. The van der Waals surface area contributed by atoms with E-state index >= 15 is 0 Å². The molecule has 0 saturated carbocycles. The number of hydrogen-bond donors (Lipinski definition) is 1. The van der Waals surface area contributed by atoms with Gasteiger partial charge >= 0.3 is 0 Å². The van der Waals surface area contributed by atoms with Gasteiger partial charge in [-0.3, -0.25) is 0 Å². The summed E-state index contributed by atoms with van der Waals surface area (Å²) in [5, 5.41) is 3.56. The summed E-state index contributed by atoms with van der Waals surface area (Å²) in [6.07, 6.45) is 3.84. The van der Waals surface area contributed by atoms with Crippen LogP contribution in [-0.2, 0) is 6.42 Å². The van der Waals surface area contributed by atoms with Gasteiger partial charge in [-0.05, 0) is 43.0 Å². The van der Waals surface area contributed by atoms with E-state index in [9.17, 15) is 0 Å². The van der Waals surface area contributed by atoms with Gasteiger partial charge in [0.15, 0.2) is 0 Å². The smallest absolute Gasteiger partial charge is 0.0397 e. The first-order chi connectivity index (χ1) is 7.34. The summed E-state index contributed by atoms with van der Waals surface area (Å²) >= 11 is 0. The van der Waals surface area contributed by atoms with E-state index in [0.29, 0.717) is 6.04 Å². The van der Waals surface area contributed by atoms with Crippen LogP contribution in [0.25, 0.3) is 0 Å². The van der Waals surface area contributed by atoms with Gasteiger partial charge in [-0.15, -0.1) is 0 Å². The third-order valence-electron chi connectivity index (χ3n) is 3.69. The number of benzene rings is 1. The molecule has 1 N–H and O–H groups in total. The molecule has 15 heavy (non-hydrogen) atoms. The normalized spacial score (nSPS) is 24.6. The standard InChI is InChI=1S/C13H18N2/c1-15-8-6-11-9-10(4-5-13(11)15)12-3-2-7-14-12/h4-5,9,12,14H,2-3,6-8H2,1H3. The lowest BCUT2D eigenvalue weighted by molar-refractivity contribution is 0.647. The number of anilines is 1. The lowest BCUT2D eigenvalue weighted by Crippen LogP contribution is -2.13. The van der Waals surface area contributed by atoms with Crippen molar-refractivity contribution in [1.29, 1.82) is 0 Å². The Bertz CT molecular complexity index is 367. The Morgan fingerprint density at radius 2 is 2.33 bits per heavy atom. The van der Waals surface area contributed by atoms with Gasteiger partial charge in [0.1, 0.15) is 0 Å². The van der Waals surface area contributed by atoms with Crippen molar-refractivity contribution in [2.24, 2.45) is 0 Å². The van der Waals surface area contributed by atoms with E-state index in [4.69, 9.17) is 0 Å². The Labute approximate surface area is 91.3 Å². The number of rotatable bonds is 1. The van der Waals surface area contributed by atoms with Crippen molar-refractivity contribution < 1.29 is 0 Å². The molecule has 1 aromatic rings. The zero-order chi connectivity index (χ0) is 10.3. The molecular weight excluding hydrogens is 184 g/mol. The van der Waals surface area contributed by atoms with Crippen LogP contribution in [-0.4, -0.2) is 20.1 Å². The van der Waals surface area contributed by atoms with E-state index < -0.39 is 0 Å². The molecule has 2 heteroatoms. The van der Waals surface area contributed by atoms with Crippen LogP contribution in [0.5, 0.6) is 0 Å². The molecule has 80 valence electrons. The minimum atomic E-state index is 0.612. The van der Waals surface area contributed by atoms with Gasteiger partial charge in [-0.1, -0.05) is 12.1 Å². The maximum Gasteiger partial charge on any atom is 0.0397 e. The van der Waals surface area contributed by atoms with Crippen molar-refractivity contribution in [3.8, 4) is 0 Å². The second-order valence-corrected chi connectivity index (χ2v) is 4.71. The Morgan fingerprint density at radius 3 is 3.13 bits per heavy atom. The van der Waals surface area contributed by atoms with Crippen LogP contribution < -0.4 is 10.2 Å². The van der Waals surface area contributed by atoms with Gasteiger partial charge < -0.3 is 10.2 Å². The summed E-state index contributed by atoms with van der Waals surface area (Å²) in [4.78, 5) is 2.35. The lowest BCUT2D eigenvalue weighted by Gasteiger charge is -2.15. The van der Waals surface area contributed by atoms with Gasteiger partial charge in [0, 0.05) is 25.3 Å². The molecule has 0 radical (unpaired) electrons. The second-order valence-electron chi connectivity index (χ2n) is 4.71. The van der Waals surface area contributed by atoms with Gasteiger partial charge in [0.25, 0.3) is 0 Å². The van der Waals surface area contributed by atoms with Crippen LogP contribution in [0.15, 0.2) is 18.2 Å². The minimum Gasteiger partial charge on any atom is -0.374 e. The van der Waals surface area contributed by atoms with Crippen LogP contribution in [0.2, 0.25) is 0 Å². The first-order valence-corrected chi connectivity index (χ1v) is 5.92. The number of fused-ring (bicyclic) bond motifs is 1. The first kappa shape index (κ1) is 9.22. The summed E-state index contributed by atoms with van der Waals surface area (Å²) in [5.41, 5.74) is 4.45. The Kier molecular flexibility index (Phi) is 2.17. The van der Waals surface area contributed by atoms with Gasteiger partial charge in [-0.2, -0.15) is 0 Å². The van der Waals surface area contributed by atoms with Crippen LogP contribution >= 0.6 is 0 Å². The Hall–Kier alpha value is -1.02. The molecule has 0 aliphatic carbocycles. The van der Waals surface area contributed by atoms with E-state index in [1.807, 2.05) is 0 Å². The van der Waals surface area contributed by atoms with Crippen molar-refractivity contribution in [2.45, 2.75) is 25.3 Å². The summed E-state index contributed by atoms with van der Waals surface area (Å²) in [7, 11) is 2.18. The zero-order valence-electron chi connectivity index (χ0n) is 9.29. The number of hydrogen-bond acceptors (Lipinski definition) is 2. The molecule has 0 amide bonds. The largest absolute Gasteiger partial charge is 0.374 e. The van der Waals surface area contributed by atoms with E-state index in [0.717, 1.165) is 0 Å². The SMILES string of the molecule is CN1CCc2cc(C3CCCN3)ccc21. The number of nitrogens with zero attached hydrogens (tertiary/aromatic N) is 1. The number of nitrogens with one attached hydrogen (secondary N) is 1. The summed E-state index contributed by atoms with van der Waals surface area (Å²) in [6, 6.07) is 7.60. The summed E-state index contributed by atoms with van der Waals surface area (Å²) in [5.74, 6) is 0. The molecule has 2 aliphatic rings. The molecule has 1 saturated heterocycles. The molecule has 1 atom stereocenters. The molecule has 0 spiro atoms. The molecular formula is C13H18N2. The third-order valence-corrected chi connectivity index (χ3v) is 3.69. The second kappa shape index (κ2) is 3.53. The fourth-order valence-electron chi connectivity index (χ4n) is 2.77. The highest BCUT2D eigenvalue weighted by molar-refractivity contribution is 5.58. The number of likely N-dealkylation sites (N-methyl/N-ethyl adjacent to an activating group) is 1. The average Bonchev–Trinajstić information content (AvgIpc) is 2.88. The summed E-state index contributed by atoms with van der Waals surface area (Å²) < 4.78 is 0. The zero-order valence-corrected chi connectivity index (χ0v) is 9.29. The van der Waals surface area contributed by atoms with Crippen LogP contribution in [0, 0.1) is 0 Å². The average molecular weight is 202 g/mol. The maximum absolute atomic E-state index is 3.56. The third kappa shape index (κ3) is 1.53. The monoisotopic (exact) mass is 202 g/mol. The highest BCUT2D eigenvalue weighted by atomic mass is 15.1. The fourth-order valence-corrected chi connectivity index (χ4v) is 2.77. The van der Waals surface area contributed by atoms with Crippen molar-refractivity contribution in [3.05, 3.63) is 29.3 Å². The van der Waals surface area contributed by atoms with Crippen molar-refractivity contribution in [1.82, 2.24) is 5.32 Å². The van der Waals surface area contributed by atoms with Crippen LogP contribution in [0.4, 0.5) is 5.69 Å². The van der Waals surface area contributed by atoms with Gasteiger partial charge in [-0.25, -0.2) is 0 Å². The summed E-state index contributed by atoms with van der Waals surface area (Å²) in [6.45, 7) is 2.36. The molecule has 2 aliphatic heterocycles. The first-order valence-electron chi connectivity index (χ1n) is 5.92. The van der Waals surface area contributed by atoms with Crippen molar-refractivity contribution in [2.75, 3.05) is 25.0 Å². The van der Waals surface area contributed by atoms with E-state index in [1.54, 1.807) is 0 Å². The lowest BCUT2D eigenvalue weighted by atomic mass is 10.0.